The molecule has 0 bridgehead atoms. The Balaban J connectivity index is 2.08. The van der Waals surface area contributed by atoms with Crippen LogP contribution in [0.15, 0.2) is 0 Å². The number of halogens is 1. The van der Waals surface area contributed by atoms with Gasteiger partial charge < -0.3 is 0 Å². The van der Waals surface area contributed by atoms with Crippen LogP contribution in [-0.4, -0.2) is 12.0 Å². The molecule has 0 aromatic heterocycles. The molecule has 0 aromatic carbocycles. The summed E-state index contributed by atoms with van der Waals surface area (Å²) >= 11 is 2.86. The molecule has 1 saturated heterocycles. The first kappa shape index (κ1) is 5.35. The van der Waals surface area contributed by atoms with Gasteiger partial charge in [-0.15, -0.1) is 0 Å². The molecule has 0 N–H and O–H groups in total. The van der Waals surface area contributed by atoms with Crippen LogP contribution in [0.2, 0.25) is 12.1 Å². The lowest BCUT2D eigenvalue weighted by Gasteiger charge is -1.82. The van der Waals surface area contributed by atoms with Gasteiger partial charge in [0, 0.05) is 6.42 Å². The number of rotatable bonds is 2. The summed E-state index contributed by atoms with van der Waals surface area (Å²) in [4.78, 5) is 10.2. The summed E-state index contributed by atoms with van der Waals surface area (Å²) < 4.78 is 0.131. The third-order valence-electron chi connectivity index (χ3n) is 0.992. The molecule has 0 saturated carbocycles. The van der Waals surface area contributed by atoms with E-state index in [1.54, 1.807) is 0 Å². The maximum Gasteiger partial charge on any atom is 0.197 e. The maximum absolute atomic E-state index is 10.2. The minimum absolute atomic E-state index is 0.131. The van der Waals surface area contributed by atoms with Crippen molar-refractivity contribution < 1.29 is 4.79 Å². The molecule has 1 aliphatic heterocycles. The Hall–Kier alpha value is 0.215. The highest BCUT2D eigenvalue weighted by Crippen LogP contribution is 2.31. The predicted octanol–water partition coefficient (Wildman–Crippen LogP) is 1.22. The number of hydrogen-bond acceptors (Lipinski definition) is 1. The Kier molecular flexibility index (Phi) is 1.52. The number of carbonyl (C=O) groups excluding carboxylic acids is 1. The predicted molar refractivity (Wildman–Crippen MR) is 32.9 cm³/mol. The lowest BCUT2D eigenvalue weighted by Crippen LogP contribution is -1.81. The average Bonchev–Trinajstić information content (AvgIpc) is 2.17. The van der Waals surface area contributed by atoms with Crippen LogP contribution in [0.5, 0.6) is 0 Å². The number of carbonyl (C=O) groups is 1. The minimum atomic E-state index is 0.131. The van der Waals surface area contributed by atoms with Gasteiger partial charge in [0.15, 0.2) is 4.69 Å². The average molecular weight is 160 g/mol. The molecule has 37 valence electrons. The first-order chi connectivity index (χ1) is 3.29. The van der Waals surface area contributed by atoms with Crippen LogP contribution in [0.1, 0.15) is 6.42 Å². The minimum Gasteiger partial charge on any atom is -0.287 e. The van der Waals surface area contributed by atoms with E-state index in [1.807, 2.05) is 0 Å². The Morgan fingerprint density at radius 1 is 2.00 bits per heavy atom. The highest BCUT2D eigenvalue weighted by Gasteiger charge is 2.24. The van der Waals surface area contributed by atoms with Crippen molar-refractivity contribution in [2.75, 3.05) is 0 Å². The van der Waals surface area contributed by atoms with Crippen LogP contribution in [0.4, 0.5) is 0 Å². The maximum atomic E-state index is 10.2. The zero-order valence-corrected chi connectivity index (χ0v) is 5.44. The van der Waals surface area contributed by atoms with E-state index < -0.39 is 0 Å². The summed E-state index contributed by atoms with van der Waals surface area (Å²) in [5.74, 6) is 0.604. The van der Waals surface area contributed by atoms with Crippen molar-refractivity contribution in [3.05, 3.63) is 0 Å². The van der Waals surface area contributed by atoms with Gasteiger partial charge >= 0.3 is 0 Å². The Morgan fingerprint density at radius 3 is 2.71 bits per heavy atom. The smallest absolute Gasteiger partial charge is 0.197 e. The largest absolute Gasteiger partial charge is 0.287 e. The van der Waals surface area contributed by atoms with Crippen LogP contribution in [-0.2, 0) is 4.79 Å². The molecule has 1 radical (unpaired) electrons. The molecule has 1 nitrogen and oxygen atoms in total. The van der Waals surface area contributed by atoms with E-state index in [1.165, 1.54) is 0 Å². The second kappa shape index (κ2) is 1.99. The summed E-state index contributed by atoms with van der Waals surface area (Å²) in [6.07, 6.45) is 1.83. The van der Waals surface area contributed by atoms with E-state index in [0.29, 0.717) is 12.2 Å². The second-order valence-corrected chi connectivity index (χ2v) is 2.68. The zero-order chi connectivity index (χ0) is 5.28. The Bertz CT molecular complexity index is 89.7. The molecule has 0 aliphatic carbocycles. The van der Waals surface area contributed by atoms with Gasteiger partial charge in [-0.2, -0.15) is 0 Å². The molecule has 3 heteroatoms. The summed E-state index contributed by atoms with van der Waals surface area (Å²) in [5.41, 5.74) is 0. The van der Waals surface area contributed by atoms with E-state index in [9.17, 15) is 4.79 Å². The molecule has 7 heavy (non-hydrogen) atoms. The van der Waals surface area contributed by atoms with E-state index >= 15 is 0 Å². The van der Waals surface area contributed by atoms with Gasteiger partial charge in [0.05, 0.1) is 0 Å². The molecule has 1 atom stereocenters. The number of hydrogen-bond donors (Lipinski definition) is 0. The van der Waals surface area contributed by atoms with Gasteiger partial charge in [0.2, 0.25) is 0 Å². The van der Waals surface area contributed by atoms with Gasteiger partial charge in [-0.05, 0) is 15.9 Å². The van der Waals surface area contributed by atoms with E-state index in [-0.39, 0.29) is 4.69 Å². The normalized spacial score (nSPS) is 26.1. The van der Waals surface area contributed by atoms with Crippen LogP contribution >= 0.6 is 15.9 Å². The quantitative estimate of drug-likeness (QED) is 0.438. The molecule has 0 amide bonds. The van der Waals surface area contributed by atoms with Crippen LogP contribution in [0.25, 0.3) is 0 Å². The highest BCUT2D eigenvalue weighted by molar-refractivity contribution is 9.18. The van der Waals surface area contributed by atoms with Crippen molar-refractivity contribution >= 4 is 27.9 Å². The van der Waals surface area contributed by atoms with E-state index in [4.69, 9.17) is 0 Å². The zero-order valence-electron chi connectivity index (χ0n) is 3.86. The molecule has 0 spiro atoms. The monoisotopic (exact) mass is 159 g/mol. The third kappa shape index (κ3) is 2.12. The lowest BCUT2D eigenvalue weighted by atomic mass is 10.0. The molecule has 1 fully saturated rings. The van der Waals surface area contributed by atoms with Crippen molar-refractivity contribution in [2.24, 2.45) is 0 Å². The van der Waals surface area contributed by atoms with Crippen LogP contribution in [0, 0.1) is 0 Å². The van der Waals surface area contributed by atoms with Gasteiger partial charge in [-0.1, -0.05) is 12.1 Å². The van der Waals surface area contributed by atoms with Crippen molar-refractivity contribution in [1.82, 2.24) is 0 Å². The Labute approximate surface area is 51.8 Å². The van der Waals surface area contributed by atoms with E-state index in [0.717, 1.165) is 6.32 Å². The molecule has 0 aromatic rings. The Morgan fingerprint density at radius 2 is 2.57 bits per heavy atom. The van der Waals surface area contributed by atoms with Gasteiger partial charge in [0.1, 0.15) is 7.28 Å². The molecule has 1 unspecified atom stereocenters. The fraction of sp³-hybridized carbons (Fsp3) is 0.750. The van der Waals surface area contributed by atoms with Crippen LogP contribution in [0.3, 0.4) is 0 Å². The second-order valence-electron chi connectivity index (χ2n) is 1.79. The summed E-state index contributed by atoms with van der Waals surface area (Å²) in [7, 11) is 2.14. The highest BCUT2D eigenvalue weighted by atomic mass is 79.9. The molecule has 1 aliphatic rings. The topological polar surface area (TPSA) is 17.1 Å². The SMILES string of the molecule is O=C(Br)CC1[B]C1. The van der Waals surface area contributed by atoms with Crippen molar-refractivity contribution in [3.63, 3.8) is 0 Å². The van der Waals surface area contributed by atoms with Gasteiger partial charge in [-0.25, -0.2) is 0 Å². The van der Waals surface area contributed by atoms with E-state index in [2.05, 4.69) is 23.2 Å². The molecular weight excluding hydrogens is 155 g/mol. The van der Waals surface area contributed by atoms with Gasteiger partial charge in [0.25, 0.3) is 0 Å². The first-order valence-electron chi connectivity index (χ1n) is 2.30. The standard InChI is InChI=1S/C4H5BBrO/c6-4(7)1-3-2-5-3/h3H,1-2H2. The van der Waals surface area contributed by atoms with Crippen LogP contribution < -0.4 is 0 Å². The summed E-state index contributed by atoms with van der Waals surface area (Å²) in [6.45, 7) is 0. The van der Waals surface area contributed by atoms with Gasteiger partial charge in [-0.3, -0.25) is 4.79 Å². The van der Waals surface area contributed by atoms with Crippen molar-refractivity contribution in [3.8, 4) is 0 Å². The first-order valence-corrected chi connectivity index (χ1v) is 3.10. The fourth-order valence-corrected chi connectivity index (χ4v) is 0.885. The lowest BCUT2D eigenvalue weighted by molar-refractivity contribution is -0.110. The summed E-state index contributed by atoms with van der Waals surface area (Å²) in [5, 5.41) is 0. The van der Waals surface area contributed by atoms with Crippen molar-refractivity contribution in [1.29, 1.82) is 0 Å². The summed E-state index contributed by atoms with van der Waals surface area (Å²) in [6, 6.07) is 0. The van der Waals surface area contributed by atoms with Crippen molar-refractivity contribution in [2.45, 2.75) is 18.6 Å². The molecular formula is C4H5BBrO. The fourth-order valence-electron chi connectivity index (χ4n) is 0.469. The third-order valence-corrected chi connectivity index (χ3v) is 1.32. The molecule has 1 rings (SSSR count). The molecule has 1 heterocycles.